The molecule has 0 aliphatic carbocycles. The number of halogens is 2. The van der Waals surface area contributed by atoms with Crippen molar-refractivity contribution in [1.82, 2.24) is 13.5 Å². The van der Waals surface area contributed by atoms with Crippen LogP contribution in [0.3, 0.4) is 0 Å². The van der Waals surface area contributed by atoms with Gasteiger partial charge in [-0.2, -0.15) is 0 Å². The third kappa shape index (κ3) is 1.92. The Kier molecular flexibility index (Phi) is 3.26. The second kappa shape index (κ2) is 4.76. The summed E-state index contributed by atoms with van der Waals surface area (Å²) < 4.78 is 3.87. The predicted octanol–water partition coefficient (Wildman–Crippen LogP) is 3.51. The van der Waals surface area contributed by atoms with Crippen molar-refractivity contribution in [3.05, 3.63) is 45.5 Å². The normalized spacial score (nSPS) is 11.0. The maximum absolute atomic E-state index is 6.09. The molecule has 0 aliphatic rings. The fraction of sp³-hybridized carbons (Fsp3) is 0. The van der Waals surface area contributed by atoms with Crippen LogP contribution in [-0.4, -0.2) is 28.3 Å². The molecule has 3 rings (SSSR count). The standard InChI is InChI=1S/C11H5Cl2N3SSe/c12-9-8(10(13)15-5-14-9)16-11(17)6-3-1-2-4-7(6)18-16/h1-5H. The zero-order chi connectivity index (χ0) is 12.7. The second-order valence-electron chi connectivity index (χ2n) is 3.49. The van der Waals surface area contributed by atoms with Gasteiger partial charge in [-0.15, -0.1) is 0 Å². The molecule has 0 unspecified atom stereocenters. The third-order valence-corrected chi connectivity index (χ3v) is 5.95. The van der Waals surface area contributed by atoms with Crippen LogP contribution in [0.25, 0.3) is 15.3 Å². The molecule has 0 spiro atoms. The van der Waals surface area contributed by atoms with Crippen LogP contribution in [0.1, 0.15) is 0 Å². The first-order chi connectivity index (χ1) is 8.68. The first-order valence-corrected chi connectivity index (χ1v) is 7.74. The molecular formula is C11H5Cl2N3SSe. The molecule has 0 amide bonds. The van der Waals surface area contributed by atoms with Crippen LogP contribution in [0.4, 0.5) is 0 Å². The Bertz CT molecular complexity index is 776. The van der Waals surface area contributed by atoms with E-state index in [1.807, 2.05) is 21.8 Å². The molecule has 0 saturated heterocycles. The van der Waals surface area contributed by atoms with Gasteiger partial charge in [0, 0.05) is 0 Å². The van der Waals surface area contributed by atoms with Crippen LogP contribution < -0.4 is 0 Å². The molecule has 0 saturated carbocycles. The minimum absolute atomic E-state index is 0.0195. The molecular weight excluding hydrogens is 356 g/mol. The fourth-order valence-electron chi connectivity index (χ4n) is 1.62. The van der Waals surface area contributed by atoms with Crippen molar-refractivity contribution in [2.45, 2.75) is 0 Å². The molecule has 0 bridgehead atoms. The molecule has 0 atom stereocenters. The van der Waals surface area contributed by atoms with Gasteiger partial charge in [0.25, 0.3) is 0 Å². The van der Waals surface area contributed by atoms with E-state index in [-0.39, 0.29) is 14.7 Å². The van der Waals surface area contributed by atoms with E-state index < -0.39 is 0 Å². The van der Waals surface area contributed by atoms with Crippen molar-refractivity contribution in [2.24, 2.45) is 0 Å². The summed E-state index contributed by atoms with van der Waals surface area (Å²) in [6, 6.07) is 8.03. The summed E-state index contributed by atoms with van der Waals surface area (Å²) in [4.78, 5) is 7.92. The van der Waals surface area contributed by atoms with Crippen LogP contribution >= 0.6 is 35.4 Å². The molecule has 0 N–H and O–H groups in total. The quantitative estimate of drug-likeness (QED) is 0.378. The number of aromatic nitrogens is 3. The summed E-state index contributed by atoms with van der Waals surface area (Å²) in [5.74, 6) is 0. The van der Waals surface area contributed by atoms with Crippen LogP contribution in [0.15, 0.2) is 30.6 Å². The van der Waals surface area contributed by atoms with E-state index in [0.29, 0.717) is 16.0 Å². The molecule has 18 heavy (non-hydrogen) atoms. The topological polar surface area (TPSA) is 30.7 Å². The minimum atomic E-state index is 0.0195. The fourth-order valence-corrected chi connectivity index (χ4v) is 5.14. The molecule has 3 aromatic rings. The van der Waals surface area contributed by atoms with Gasteiger partial charge in [-0.3, -0.25) is 0 Å². The number of benzene rings is 1. The Morgan fingerprint density at radius 1 is 1.11 bits per heavy atom. The van der Waals surface area contributed by atoms with Gasteiger partial charge in [-0.25, -0.2) is 0 Å². The third-order valence-electron chi connectivity index (χ3n) is 2.43. The average Bonchev–Trinajstić information content (AvgIpc) is 2.68. The first kappa shape index (κ1) is 12.3. The van der Waals surface area contributed by atoms with E-state index in [1.165, 1.54) is 10.6 Å². The van der Waals surface area contributed by atoms with Crippen molar-refractivity contribution in [3.63, 3.8) is 0 Å². The Hall–Kier alpha value is -0.711. The average molecular weight is 361 g/mol. The van der Waals surface area contributed by atoms with Gasteiger partial charge in [0.1, 0.15) is 0 Å². The maximum atomic E-state index is 6.09. The predicted molar refractivity (Wildman–Crippen MR) is 76.7 cm³/mol. The molecule has 0 aliphatic heterocycles. The first-order valence-electron chi connectivity index (χ1n) is 4.96. The Morgan fingerprint density at radius 2 is 1.78 bits per heavy atom. The molecule has 1 aromatic carbocycles. The van der Waals surface area contributed by atoms with E-state index in [2.05, 4.69) is 16.0 Å². The van der Waals surface area contributed by atoms with E-state index >= 15 is 0 Å². The molecule has 0 radical (unpaired) electrons. The summed E-state index contributed by atoms with van der Waals surface area (Å²) in [5.41, 5.74) is 0.599. The summed E-state index contributed by atoms with van der Waals surface area (Å²) in [6.07, 6.45) is 1.34. The Morgan fingerprint density at radius 3 is 2.44 bits per heavy atom. The van der Waals surface area contributed by atoms with Gasteiger partial charge in [0.15, 0.2) is 0 Å². The van der Waals surface area contributed by atoms with Crippen LogP contribution in [0.5, 0.6) is 0 Å². The summed E-state index contributed by atoms with van der Waals surface area (Å²) >= 11 is 17.7. The Labute approximate surface area is 124 Å². The SMILES string of the molecule is S=c1c2ccccc2[se]n1-c1c(Cl)ncnc1Cl. The van der Waals surface area contributed by atoms with Gasteiger partial charge in [0.2, 0.25) is 0 Å². The van der Waals surface area contributed by atoms with Crippen molar-refractivity contribution < 1.29 is 0 Å². The molecule has 7 heteroatoms. The Balaban J connectivity index is 2.39. The van der Waals surface area contributed by atoms with E-state index in [9.17, 15) is 0 Å². The van der Waals surface area contributed by atoms with Gasteiger partial charge >= 0.3 is 125 Å². The number of rotatable bonds is 1. The van der Waals surface area contributed by atoms with Crippen LogP contribution in [0, 0.1) is 4.64 Å². The second-order valence-corrected chi connectivity index (χ2v) is 6.67. The van der Waals surface area contributed by atoms with Crippen LogP contribution in [0.2, 0.25) is 10.3 Å². The van der Waals surface area contributed by atoms with E-state index in [0.717, 1.165) is 10.0 Å². The monoisotopic (exact) mass is 361 g/mol. The van der Waals surface area contributed by atoms with Gasteiger partial charge in [-0.1, -0.05) is 0 Å². The zero-order valence-electron chi connectivity index (χ0n) is 8.80. The zero-order valence-corrected chi connectivity index (χ0v) is 12.8. The molecule has 2 aromatic heterocycles. The van der Waals surface area contributed by atoms with Gasteiger partial charge < -0.3 is 0 Å². The number of hydrogen-bond donors (Lipinski definition) is 0. The van der Waals surface area contributed by atoms with Crippen molar-refractivity contribution >= 4 is 59.8 Å². The summed E-state index contributed by atoms with van der Waals surface area (Å²) in [6.45, 7) is 0. The number of fused-ring (bicyclic) bond motifs is 1. The summed E-state index contributed by atoms with van der Waals surface area (Å²) in [7, 11) is 0. The number of nitrogens with zero attached hydrogens (tertiary/aromatic N) is 3. The van der Waals surface area contributed by atoms with Gasteiger partial charge in [-0.05, 0) is 0 Å². The van der Waals surface area contributed by atoms with Crippen LogP contribution in [-0.2, 0) is 0 Å². The molecule has 2 heterocycles. The van der Waals surface area contributed by atoms with E-state index in [4.69, 9.17) is 35.4 Å². The van der Waals surface area contributed by atoms with Gasteiger partial charge in [0.05, 0.1) is 0 Å². The van der Waals surface area contributed by atoms with Crippen molar-refractivity contribution in [1.29, 1.82) is 0 Å². The summed E-state index contributed by atoms with van der Waals surface area (Å²) in [5, 5.41) is 1.71. The number of hydrogen-bond acceptors (Lipinski definition) is 3. The van der Waals surface area contributed by atoms with E-state index in [1.54, 1.807) is 0 Å². The molecule has 0 fully saturated rings. The van der Waals surface area contributed by atoms with Crippen molar-refractivity contribution in [2.75, 3.05) is 0 Å². The molecule has 3 nitrogen and oxygen atoms in total. The molecule has 90 valence electrons. The van der Waals surface area contributed by atoms with Crippen molar-refractivity contribution in [3.8, 4) is 5.69 Å².